The van der Waals surface area contributed by atoms with Gasteiger partial charge in [-0.15, -0.1) is 0 Å². The molecule has 0 fully saturated rings. The minimum atomic E-state index is -5.14. The van der Waals surface area contributed by atoms with E-state index in [0.717, 1.165) is 31.4 Å². The predicted octanol–water partition coefficient (Wildman–Crippen LogP) is 3.00. The van der Waals surface area contributed by atoms with E-state index in [0.29, 0.717) is 0 Å². The fourth-order valence-corrected chi connectivity index (χ4v) is 3.35. The molecule has 1 rings (SSSR count). The van der Waals surface area contributed by atoms with Crippen molar-refractivity contribution >= 4 is 27.4 Å². The molecule has 0 heterocycles. The molecule has 0 N–H and O–H groups in total. The van der Waals surface area contributed by atoms with Crippen molar-refractivity contribution < 1.29 is 35.5 Å². The zero-order chi connectivity index (χ0) is 17.2. The van der Waals surface area contributed by atoms with Gasteiger partial charge in [0.05, 0.1) is 19.3 Å². The molecule has 0 saturated heterocycles. The van der Waals surface area contributed by atoms with E-state index in [4.69, 9.17) is 11.6 Å². The highest BCUT2D eigenvalue weighted by atomic mass is 35.5. The fourth-order valence-electron chi connectivity index (χ4n) is 1.61. The van der Waals surface area contributed by atoms with Crippen LogP contribution in [0.4, 0.5) is 17.6 Å². The lowest BCUT2D eigenvalue weighted by Gasteiger charge is -2.23. The van der Waals surface area contributed by atoms with E-state index in [1.54, 1.807) is 0 Å². The first-order valence-corrected chi connectivity index (χ1v) is 7.79. The maximum absolute atomic E-state index is 14.9. The Balaban J connectivity index is 3.33. The van der Waals surface area contributed by atoms with Gasteiger partial charge in [0.25, 0.3) is 0 Å². The quantitative estimate of drug-likeness (QED) is 0.597. The number of esters is 1. The molecule has 0 spiro atoms. The van der Waals surface area contributed by atoms with Crippen LogP contribution in [0.5, 0.6) is 0 Å². The molecule has 0 bridgehead atoms. The van der Waals surface area contributed by atoms with Crippen LogP contribution in [0.25, 0.3) is 0 Å². The highest BCUT2D eigenvalue weighted by Gasteiger charge is 2.55. The average Bonchev–Trinajstić information content (AvgIpc) is 2.43. The van der Waals surface area contributed by atoms with Crippen LogP contribution in [0, 0.1) is 0 Å². The number of carbonyl (C=O) groups is 1. The Labute approximate surface area is 128 Å². The van der Waals surface area contributed by atoms with Crippen LogP contribution < -0.4 is 0 Å². The number of hydrogen-bond donors (Lipinski definition) is 0. The maximum atomic E-state index is 14.9. The fraction of sp³-hybridized carbons (Fsp3) is 0.417. The van der Waals surface area contributed by atoms with Crippen LogP contribution in [0.2, 0.25) is 5.02 Å². The van der Waals surface area contributed by atoms with Gasteiger partial charge in [-0.25, -0.2) is 17.6 Å². The minimum Gasteiger partial charge on any atom is -0.466 e. The van der Waals surface area contributed by atoms with E-state index >= 15 is 0 Å². The van der Waals surface area contributed by atoms with Crippen molar-refractivity contribution in [2.24, 2.45) is 0 Å². The second-order valence-electron chi connectivity index (χ2n) is 4.28. The molecule has 0 saturated carbocycles. The van der Waals surface area contributed by atoms with E-state index in [-0.39, 0.29) is 5.02 Å². The second kappa shape index (κ2) is 6.41. The molecule has 1 aromatic rings. The van der Waals surface area contributed by atoms with Gasteiger partial charge in [-0.2, -0.15) is 13.2 Å². The third-order valence-electron chi connectivity index (χ3n) is 2.75. The summed E-state index contributed by atoms with van der Waals surface area (Å²) in [5.41, 5.74) is -0.675. The molecule has 124 valence electrons. The molecule has 0 aromatic heterocycles. The van der Waals surface area contributed by atoms with Gasteiger partial charge in [0, 0.05) is 10.6 Å². The van der Waals surface area contributed by atoms with Gasteiger partial charge in [-0.1, -0.05) is 23.7 Å². The smallest absolute Gasteiger partial charge is 0.390 e. The van der Waals surface area contributed by atoms with Crippen LogP contribution in [0.15, 0.2) is 24.3 Å². The zero-order valence-corrected chi connectivity index (χ0v) is 12.7. The number of alkyl halides is 4. The van der Waals surface area contributed by atoms with Crippen LogP contribution >= 0.6 is 11.6 Å². The molecule has 0 aliphatic heterocycles. The van der Waals surface area contributed by atoms with Crippen LogP contribution in [-0.2, 0) is 24.4 Å². The summed E-state index contributed by atoms with van der Waals surface area (Å²) < 4.78 is 79.6. The van der Waals surface area contributed by atoms with Gasteiger partial charge < -0.3 is 4.74 Å². The first-order chi connectivity index (χ1) is 9.94. The lowest BCUT2D eigenvalue weighted by molar-refractivity contribution is -0.149. The van der Waals surface area contributed by atoms with Crippen LogP contribution in [-0.4, -0.2) is 33.4 Å². The van der Waals surface area contributed by atoms with Crippen molar-refractivity contribution in [3.05, 3.63) is 34.9 Å². The largest absolute Gasteiger partial charge is 0.466 e. The number of hydrogen-bond acceptors (Lipinski definition) is 4. The molecular formula is C12H11ClF4O4S. The Bertz CT molecular complexity index is 642. The first kappa shape index (κ1) is 18.7. The molecule has 22 heavy (non-hydrogen) atoms. The predicted molar refractivity (Wildman–Crippen MR) is 70.7 cm³/mol. The number of rotatable bonds is 5. The van der Waals surface area contributed by atoms with E-state index < -0.39 is 44.7 Å². The standard InChI is InChI=1S/C12H11ClF4O4S/c1-21-10(18)12(17,8-2-4-9(13)5-3-8)22(19,20)7-6-11(14,15)16/h2-5H,6-7H2,1H3. The molecule has 0 radical (unpaired) electrons. The molecule has 10 heteroatoms. The van der Waals surface area contributed by atoms with Gasteiger partial charge >= 0.3 is 17.1 Å². The molecule has 0 aliphatic rings. The van der Waals surface area contributed by atoms with Crippen molar-refractivity contribution in [2.45, 2.75) is 17.6 Å². The lowest BCUT2D eigenvalue weighted by atomic mass is 10.1. The van der Waals surface area contributed by atoms with E-state index in [1.807, 2.05) is 0 Å². The van der Waals surface area contributed by atoms with Crippen molar-refractivity contribution in [1.82, 2.24) is 0 Å². The molecule has 1 aromatic carbocycles. The molecule has 1 atom stereocenters. The van der Waals surface area contributed by atoms with Crippen LogP contribution in [0.3, 0.4) is 0 Å². The Morgan fingerprint density at radius 1 is 1.18 bits per heavy atom. The van der Waals surface area contributed by atoms with E-state index in [1.165, 1.54) is 0 Å². The molecule has 4 nitrogen and oxygen atoms in total. The summed E-state index contributed by atoms with van der Waals surface area (Å²) in [4.78, 5) is 11.6. The lowest BCUT2D eigenvalue weighted by Crippen LogP contribution is -2.42. The van der Waals surface area contributed by atoms with Crippen molar-refractivity contribution in [3.63, 3.8) is 0 Å². The third kappa shape index (κ3) is 3.89. The van der Waals surface area contributed by atoms with E-state index in [9.17, 15) is 30.8 Å². The topological polar surface area (TPSA) is 60.4 Å². The number of carbonyl (C=O) groups excluding carboxylic acids is 1. The van der Waals surface area contributed by atoms with Crippen LogP contribution in [0.1, 0.15) is 12.0 Å². The number of halogens is 5. The monoisotopic (exact) mass is 362 g/mol. The summed E-state index contributed by atoms with van der Waals surface area (Å²) in [5, 5.41) is -3.61. The summed E-state index contributed by atoms with van der Waals surface area (Å²) in [7, 11) is -4.41. The van der Waals surface area contributed by atoms with E-state index in [2.05, 4.69) is 4.74 Å². The summed E-state index contributed by atoms with van der Waals surface area (Å²) in [6.45, 7) is 0. The van der Waals surface area contributed by atoms with Gasteiger partial charge in [0.1, 0.15) is 0 Å². The average molecular weight is 363 g/mol. The van der Waals surface area contributed by atoms with Gasteiger partial charge in [-0.05, 0) is 12.1 Å². The summed E-state index contributed by atoms with van der Waals surface area (Å²) in [5.74, 6) is -3.41. The molecule has 1 unspecified atom stereocenters. The second-order valence-corrected chi connectivity index (χ2v) is 6.91. The molecule has 0 aliphatic carbocycles. The van der Waals surface area contributed by atoms with Crippen molar-refractivity contribution in [2.75, 3.05) is 12.9 Å². The number of methoxy groups -OCH3 is 1. The molecule has 0 amide bonds. The summed E-state index contributed by atoms with van der Waals surface area (Å²) in [6, 6.07) is 4.00. The Kier molecular flexibility index (Phi) is 5.45. The van der Waals surface area contributed by atoms with Gasteiger partial charge in [-0.3, -0.25) is 0 Å². The number of ether oxygens (including phenoxy) is 1. The highest BCUT2D eigenvalue weighted by molar-refractivity contribution is 7.92. The zero-order valence-electron chi connectivity index (χ0n) is 11.2. The van der Waals surface area contributed by atoms with Gasteiger partial charge in [0.2, 0.25) is 9.84 Å². The SMILES string of the molecule is COC(=O)C(F)(c1ccc(Cl)cc1)S(=O)(=O)CCC(F)(F)F. The molecular weight excluding hydrogens is 352 g/mol. The maximum Gasteiger partial charge on any atom is 0.390 e. The Morgan fingerprint density at radius 2 is 1.68 bits per heavy atom. The Morgan fingerprint density at radius 3 is 2.09 bits per heavy atom. The van der Waals surface area contributed by atoms with Crippen molar-refractivity contribution in [1.29, 1.82) is 0 Å². The normalized spacial score (nSPS) is 15.2. The summed E-state index contributed by atoms with van der Waals surface area (Å²) >= 11 is 5.57. The third-order valence-corrected chi connectivity index (χ3v) is 5.00. The van der Waals surface area contributed by atoms with Crippen molar-refractivity contribution in [3.8, 4) is 0 Å². The van der Waals surface area contributed by atoms with Gasteiger partial charge in [0.15, 0.2) is 0 Å². The Hall–Kier alpha value is -1.35. The highest BCUT2D eigenvalue weighted by Crippen LogP contribution is 2.36. The minimum absolute atomic E-state index is 0.128. The first-order valence-electron chi connectivity index (χ1n) is 5.76. The number of sulfone groups is 1. The number of benzene rings is 1. The summed E-state index contributed by atoms with van der Waals surface area (Å²) in [6.07, 6.45) is -6.60.